The second-order valence-corrected chi connectivity index (χ2v) is 20.1. The van der Waals surface area contributed by atoms with Crippen LogP contribution in [0, 0.1) is 0 Å². The minimum absolute atomic E-state index is 0.249. The molecule has 2 aliphatic rings. The predicted octanol–water partition coefficient (Wildman–Crippen LogP) is 8.66. The first kappa shape index (κ1) is 64.3. The third kappa shape index (κ3) is 28.6. The fourth-order valence-electron chi connectivity index (χ4n) is 9.21. The van der Waals surface area contributed by atoms with Crippen LogP contribution < -0.4 is 5.32 Å². The molecule has 1 amide bonds. The van der Waals surface area contributed by atoms with Gasteiger partial charge in [0.05, 0.1) is 32.0 Å². The lowest BCUT2D eigenvalue weighted by atomic mass is 9.97. The SMILES string of the molecule is CCC/C=C/C(O)C(COC1OC(CO)C(OC2OC(CO)C(O)C(O)C2O)C(O)C1O)NC(=O)CCCCCCCCCCCCCCCCCCCCCCC/C=C\C/C=C\CCCCCCC. The van der Waals surface area contributed by atoms with Crippen molar-refractivity contribution in [2.75, 3.05) is 19.8 Å². The Morgan fingerprint density at radius 1 is 0.514 bits per heavy atom. The zero-order chi connectivity index (χ0) is 51.0. The van der Waals surface area contributed by atoms with Gasteiger partial charge in [0.15, 0.2) is 12.6 Å². The van der Waals surface area contributed by atoms with Gasteiger partial charge in [-0.1, -0.05) is 204 Å². The Morgan fingerprint density at radius 3 is 1.46 bits per heavy atom. The smallest absolute Gasteiger partial charge is 0.220 e. The normalized spacial score (nSPS) is 26.2. The summed E-state index contributed by atoms with van der Waals surface area (Å²) in [4.78, 5) is 13.0. The zero-order valence-electron chi connectivity index (χ0n) is 43.8. The van der Waals surface area contributed by atoms with Crippen molar-refractivity contribution in [3.05, 3.63) is 36.5 Å². The Hall–Kier alpha value is -1.79. The number of nitrogens with one attached hydrogen (secondary N) is 1. The van der Waals surface area contributed by atoms with Gasteiger partial charge in [0.2, 0.25) is 5.91 Å². The summed E-state index contributed by atoms with van der Waals surface area (Å²) in [6.45, 7) is 2.55. The average Bonchev–Trinajstić information content (AvgIpc) is 3.36. The van der Waals surface area contributed by atoms with Crippen LogP contribution in [0.3, 0.4) is 0 Å². The number of ether oxygens (including phenoxy) is 4. The maximum absolute atomic E-state index is 13.0. The van der Waals surface area contributed by atoms with Gasteiger partial charge in [-0.05, 0) is 44.9 Å². The molecule has 2 heterocycles. The molecular weight excluding hydrogens is 895 g/mol. The van der Waals surface area contributed by atoms with E-state index in [9.17, 15) is 45.6 Å². The maximum Gasteiger partial charge on any atom is 0.220 e. The third-order valence-electron chi connectivity index (χ3n) is 13.8. The molecule has 70 heavy (non-hydrogen) atoms. The monoisotopic (exact) mass is 998 g/mol. The molecule has 0 aromatic rings. The summed E-state index contributed by atoms with van der Waals surface area (Å²) in [7, 11) is 0. The van der Waals surface area contributed by atoms with Crippen LogP contribution in [-0.2, 0) is 23.7 Å². The van der Waals surface area contributed by atoms with Gasteiger partial charge in [-0.3, -0.25) is 4.79 Å². The molecule has 0 radical (unpaired) electrons. The van der Waals surface area contributed by atoms with Gasteiger partial charge in [0, 0.05) is 6.42 Å². The molecular formula is C56H103NO13. The van der Waals surface area contributed by atoms with Crippen molar-refractivity contribution in [1.29, 1.82) is 0 Å². The van der Waals surface area contributed by atoms with Crippen molar-refractivity contribution < 1.29 is 64.6 Å². The first-order valence-electron chi connectivity index (χ1n) is 28.2. The summed E-state index contributed by atoms with van der Waals surface area (Å²) < 4.78 is 22.5. The lowest BCUT2D eigenvalue weighted by Crippen LogP contribution is -2.65. The topological polar surface area (TPSA) is 228 Å². The summed E-state index contributed by atoms with van der Waals surface area (Å²) in [5, 5.41) is 85.9. The van der Waals surface area contributed by atoms with E-state index in [2.05, 4.69) is 36.5 Å². The zero-order valence-corrected chi connectivity index (χ0v) is 43.8. The van der Waals surface area contributed by atoms with Crippen LogP contribution in [0.2, 0.25) is 0 Å². The number of aliphatic hydroxyl groups is 8. The molecule has 0 spiro atoms. The predicted molar refractivity (Wildman–Crippen MR) is 277 cm³/mol. The number of carbonyl (C=O) groups is 1. The Kier molecular flexibility index (Phi) is 39.1. The molecule has 14 heteroatoms. The highest BCUT2D eigenvalue weighted by Gasteiger charge is 2.51. The Morgan fingerprint density at radius 2 is 0.971 bits per heavy atom. The van der Waals surface area contributed by atoms with Crippen LogP contribution in [0.15, 0.2) is 36.5 Å². The highest BCUT2D eigenvalue weighted by atomic mass is 16.7. The number of amides is 1. The Balaban J connectivity index is 1.49. The molecule has 2 rings (SSSR count). The summed E-state index contributed by atoms with van der Waals surface area (Å²) in [6.07, 6.45) is 34.8. The van der Waals surface area contributed by atoms with E-state index in [1.807, 2.05) is 13.0 Å². The summed E-state index contributed by atoms with van der Waals surface area (Å²) >= 11 is 0. The molecule has 0 bridgehead atoms. The van der Waals surface area contributed by atoms with Crippen molar-refractivity contribution >= 4 is 5.91 Å². The van der Waals surface area contributed by atoms with Crippen molar-refractivity contribution in [3.8, 4) is 0 Å². The minimum Gasteiger partial charge on any atom is -0.394 e. The quantitative estimate of drug-likeness (QED) is 0.0206. The van der Waals surface area contributed by atoms with Gasteiger partial charge in [-0.2, -0.15) is 0 Å². The fourth-order valence-corrected chi connectivity index (χ4v) is 9.21. The third-order valence-corrected chi connectivity index (χ3v) is 13.8. The number of allylic oxidation sites excluding steroid dienone is 5. The van der Waals surface area contributed by atoms with Gasteiger partial charge in [0.25, 0.3) is 0 Å². The van der Waals surface area contributed by atoms with Gasteiger partial charge in [0.1, 0.15) is 48.8 Å². The average molecular weight is 998 g/mol. The lowest BCUT2D eigenvalue weighted by molar-refractivity contribution is -0.359. The molecule has 2 fully saturated rings. The summed E-state index contributed by atoms with van der Waals surface area (Å²) in [5.41, 5.74) is 0. The molecule has 12 unspecified atom stereocenters. The number of rotatable bonds is 44. The van der Waals surface area contributed by atoms with Crippen molar-refractivity contribution in [2.24, 2.45) is 0 Å². The van der Waals surface area contributed by atoms with E-state index in [-0.39, 0.29) is 18.9 Å². The standard InChI is InChI=1S/C56H103NO13/c1-3-5-7-8-9-10-11-12-13-14-15-16-17-18-19-20-21-22-23-24-25-26-27-28-29-30-31-32-33-34-35-36-38-40-48(61)57-44(45(60)39-37-6-4-2)43-67-55-53(66)51(64)54(47(42-59)69-55)70-56-52(65)50(63)49(62)46(41-58)68-56/h11-12,14-15,37,39,44-47,49-56,58-60,62-66H,3-10,13,16-36,38,40-43H2,1-2H3,(H,57,61)/b12-11-,15-14-,39-37+. The maximum atomic E-state index is 13.0. The van der Waals surface area contributed by atoms with Crippen molar-refractivity contribution in [1.82, 2.24) is 5.32 Å². The van der Waals surface area contributed by atoms with Crippen LogP contribution in [0.4, 0.5) is 0 Å². The van der Waals surface area contributed by atoms with Gasteiger partial charge in [-0.15, -0.1) is 0 Å². The molecule has 0 saturated carbocycles. The van der Waals surface area contributed by atoms with Gasteiger partial charge >= 0.3 is 0 Å². The number of aliphatic hydroxyl groups excluding tert-OH is 8. The largest absolute Gasteiger partial charge is 0.394 e. The summed E-state index contributed by atoms with van der Waals surface area (Å²) in [5.74, 6) is -0.249. The van der Waals surface area contributed by atoms with Crippen LogP contribution in [-0.4, -0.2) is 140 Å². The van der Waals surface area contributed by atoms with Crippen LogP contribution in [0.1, 0.15) is 219 Å². The highest BCUT2D eigenvalue weighted by Crippen LogP contribution is 2.30. The van der Waals surface area contributed by atoms with Crippen molar-refractivity contribution in [2.45, 2.75) is 293 Å². The fraction of sp³-hybridized carbons (Fsp3) is 0.875. The molecule has 2 saturated heterocycles. The molecule has 0 aromatic carbocycles. The summed E-state index contributed by atoms with van der Waals surface area (Å²) in [6, 6.07) is -0.908. The van der Waals surface area contributed by atoms with E-state index in [1.165, 1.54) is 154 Å². The second-order valence-electron chi connectivity index (χ2n) is 20.1. The van der Waals surface area contributed by atoms with E-state index >= 15 is 0 Å². The Bertz CT molecular complexity index is 1320. The van der Waals surface area contributed by atoms with E-state index in [0.717, 1.165) is 38.5 Å². The number of carbonyl (C=O) groups excluding carboxylic acids is 1. The van der Waals surface area contributed by atoms with E-state index in [4.69, 9.17) is 18.9 Å². The molecule has 12 atom stereocenters. The molecule has 14 nitrogen and oxygen atoms in total. The minimum atomic E-state index is -1.78. The molecule has 410 valence electrons. The van der Waals surface area contributed by atoms with Crippen molar-refractivity contribution in [3.63, 3.8) is 0 Å². The van der Waals surface area contributed by atoms with Gasteiger partial charge in [-0.25, -0.2) is 0 Å². The van der Waals surface area contributed by atoms with E-state index in [1.54, 1.807) is 6.08 Å². The van der Waals surface area contributed by atoms with Crippen LogP contribution in [0.25, 0.3) is 0 Å². The van der Waals surface area contributed by atoms with E-state index < -0.39 is 86.8 Å². The second kappa shape index (κ2) is 42.6. The highest BCUT2D eigenvalue weighted by molar-refractivity contribution is 5.76. The molecule has 0 aliphatic carbocycles. The van der Waals surface area contributed by atoms with Crippen LogP contribution >= 0.6 is 0 Å². The van der Waals surface area contributed by atoms with Crippen LogP contribution in [0.5, 0.6) is 0 Å². The number of unbranched alkanes of at least 4 members (excludes halogenated alkanes) is 27. The molecule has 0 aromatic heterocycles. The molecule has 9 N–H and O–H groups in total. The first-order chi connectivity index (χ1) is 34.1. The first-order valence-corrected chi connectivity index (χ1v) is 28.2. The lowest BCUT2D eigenvalue weighted by Gasteiger charge is -2.46. The van der Waals surface area contributed by atoms with Gasteiger partial charge < -0.3 is 65.1 Å². The number of hydrogen-bond donors (Lipinski definition) is 9. The number of hydrogen-bond acceptors (Lipinski definition) is 13. The Labute approximate surface area is 423 Å². The molecule has 2 aliphatic heterocycles. The van der Waals surface area contributed by atoms with E-state index in [0.29, 0.717) is 6.42 Å².